The van der Waals surface area contributed by atoms with E-state index in [4.69, 9.17) is 5.26 Å². The van der Waals surface area contributed by atoms with Crippen molar-refractivity contribution in [1.82, 2.24) is 14.8 Å². The number of hydrogen-bond donors (Lipinski definition) is 0. The van der Waals surface area contributed by atoms with Gasteiger partial charge in [-0.05, 0) is 13.8 Å². The Bertz CT molecular complexity index is 326. The van der Waals surface area contributed by atoms with Gasteiger partial charge < -0.3 is 0 Å². The highest BCUT2D eigenvalue weighted by molar-refractivity contribution is 9.09. The number of rotatable bonds is 4. The van der Waals surface area contributed by atoms with E-state index in [2.05, 4.69) is 32.1 Å². The van der Waals surface area contributed by atoms with Gasteiger partial charge >= 0.3 is 0 Å². The molecule has 0 aliphatic heterocycles. The Balaban J connectivity index is 2.76. The molecule has 0 fully saturated rings. The fourth-order valence-electron chi connectivity index (χ4n) is 1.21. The Kier molecular flexibility index (Phi) is 4.08. The van der Waals surface area contributed by atoms with E-state index in [1.54, 1.807) is 0 Å². The molecular weight excluding hydrogens is 244 g/mol. The van der Waals surface area contributed by atoms with Crippen LogP contribution < -0.4 is 0 Å². The number of nitriles is 1. The molecular formula is C9H13BrN4. The molecule has 0 radical (unpaired) electrons. The van der Waals surface area contributed by atoms with Crippen LogP contribution in [0.5, 0.6) is 0 Å². The maximum Gasteiger partial charge on any atom is 0.138 e. The fourth-order valence-corrected chi connectivity index (χ4v) is 1.58. The first-order chi connectivity index (χ1) is 6.69. The van der Waals surface area contributed by atoms with E-state index in [1.807, 2.05) is 18.5 Å². The smallest absolute Gasteiger partial charge is 0.138 e. The molecule has 0 saturated carbocycles. The Morgan fingerprint density at radius 2 is 2.36 bits per heavy atom. The van der Waals surface area contributed by atoms with Crippen molar-refractivity contribution in [3.63, 3.8) is 0 Å². The second kappa shape index (κ2) is 5.11. The summed E-state index contributed by atoms with van der Waals surface area (Å²) in [5, 5.41) is 13.6. The molecule has 76 valence electrons. The first-order valence-corrected chi connectivity index (χ1v) is 5.65. The Morgan fingerprint density at radius 1 is 1.64 bits per heavy atom. The summed E-state index contributed by atoms with van der Waals surface area (Å²) in [5.74, 6) is 0.850. The quantitative estimate of drug-likeness (QED) is 0.774. The molecule has 1 aromatic heterocycles. The van der Waals surface area contributed by atoms with Crippen molar-refractivity contribution in [2.24, 2.45) is 5.92 Å². The van der Waals surface area contributed by atoms with E-state index in [0.717, 1.165) is 5.82 Å². The van der Waals surface area contributed by atoms with Gasteiger partial charge in [-0.3, -0.25) is 0 Å². The number of aromatic nitrogens is 3. The lowest BCUT2D eigenvalue weighted by atomic mass is 10.1. The molecule has 0 aliphatic rings. The van der Waals surface area contributed by atoms with Crippen LogP contribution in [0.15, 0.2) is 6.33 Å². The summed E-state index contributed by atoms with van der Waals surface area (Å²) in [4.78, 5) is 4.15. The third kappa shape index (κ3) is 2.55. The molecule has 5 heteroatoms. The highest BCUT2D eigenvalue weighted by atomic mass is 79.9. The van der Waals surface area contributed by atoms with Crippen LogP contribution in [0.4, 0.5) is 0 Å². The maximum atomic E-state index is 8.82. The summed E-state index contributed by atoms with van der Waals surface area (Å²) in [7, 11) is 0. The Hall–Kier alpha value is -0.890. The maximum absolute atomic E-state index is 8.82. The van der Waals surface area contributed by atoms with E-state index in [9.17, 15) is 0 Å². The molecule has 1 heterocycles. The summed E-state index contributed by atoms with van der Waals surface area (Å²) in [5.41, 5.74) is 0. The number of hydrogen-bond acceptors (Lipinski definition) is 3. The van der Waals surface area contributed by atoms with Gasteiger partial charge in [0.1, 0.15) is 12.2 Å². The van der Waals surface area contributed by atoms with Gasteiger partial charge in [-0.2, -0.15) is 10.4 Å². The average molecular weight is 257 g/mol. The van der Waals surface area contributed by atoms with Crippen molar-refractivity contribution in [3.8, 4) is 6.07 Å². The Labute approximate surface area is 92.1 Å². The van der Waals surface area contributed by atoms with Gasteiger partial charge in [0.05, 0.1) is 12.0 Å². The molecule has 1 unspecified atom stereocenters. The van der Waals surface area contributed by atoms with Crippen LogP contribution in [0.2, 0.25) is 0 Å². The summed E-state index contributed by atoms with van der Waals surface area (Å²) in [6.07, 6.45) is 2.19. The van der Waals surface area contributed by atoms with Crippen LogP contribution in [0.25, 0.3) is 0 Å². The van der Waals surface area contributed by atoms with Gasteiger partial charge in [-0.15, -0.1) is 0 Å². The van der Waals surface area contributed by atoms with Crippen LogP contribution in [0.3, 0.4) is 0 Å². The molecule has 4 nitrogen and oxygen atoms in total. The van der Waals surface area contributed by atoms with Crippen LogP contribution in [-0.4, -0.2) is 20.1 Å². The van der Waals surface area contributed by atoms with Gasteiger partial charge in [-0.25, -0.2) is 9.67 Å². The minimum Gasteiger partial charge on any atom is -0.248 e. The molecule has 1 aromatic rings. The topological polar surface area (TPSA) is 54.5 Å². The first-order valence-electron chi connectivity index (χ1n) is 4.53. The highest BCUT2D eigenvalue weighted by Crippen LogP contribution is 2.11. The van der Waals surface area contributed by atoms with E-state index in [0.29, 0.717) is 17.8 Å². The summed E-state index contributed by atoms with van der Waals surface area (Å²) >= 11 is 3.30. The lowest BCUT2D eigenvalue weighted by molar-refractivity contribution is 0.494. The highest BCUT2D eigenvalue weighted by Gasteiger charge is 2.13. The predicted octanol–water partition coefficient (Wildman–Crippen LogP) is 1.94. The van der Waals surface area contributed by atoms with Crippen LogP contribution in [0.1, 0.15) is 25.7 Å². The van der Waals surface area contributed by atoms with Gasteiger partial charge in [-0.1, -0.05) is 15.9 Å². The zero-order valence-electron chi connectivity index (χ0n) is 8.31. The van der Waals surface area contributed by atoms with Gasteiger partial charge in [0.25, 0.3) is 0 Å². The van der Waals surface area contributed by atoms with Gasteiger partial charge in [0, 0.05) is 17.8 Å². The van der Waals surface area contributed by atoms with Crippen LogP contribution in [-0.2, 0) is 6.42 Å². The number of alkyl halides is 1. The van der Waals surface area contributed by atoms with E-state index >= 15 is 0 Å². The number of nitrogens with zero attached hydrogens (tertiary/aromatic N) is 4. The van der Waals surface area contributed by atoms with Crippen molar-refractivity contribution in [1.29, 1.82) is 5.26 Å². The zero-order chi connectivity index (χ0) is 10.6. The molecule has 1 atom stereocenters. The second-order valence-corrected chi connectivity index (χ2v) is 4.05. The largest absolute Gasteiger partial charge is 0.248 e. The predicted molar refractivity (Wildman–Crippen MR) is 57.0 cm³/mol. The summed E-state index contributed by atoms with van der Waals surface area (Å²) < 4.78 is 1.85. The standard InChI is InChI=1S/C9H13BrN4/c1-7(2)14-9(12-6-13-14)3-8(4-10)5-11/h6-8H,3-4H2,1-2H3. The summed E-state index contributed by atoms with van der Waals surface area (Å²) in [6, 6.07) is 2.52. The van der Waals surface area contributed by atoms with Crippen LogP contribution in [0, 0.1) is 17.2 Å². The minimum absolute atomic E-state index is 0.0308. The second-order valence-electron chi connectivity index (χ2n) is 3.40. The van der Waals surface area contributed by atoms with Gasteiger partial charge in [0.15, 0.2) is 0 Å². The molecule has 1 rings (SSSR count). The zero-order valence-corrected chi connectivity index (χ0v) is 9.90. The van der Waals surface area contributed by atoms with E-state index in [-0.39, 0.29) is 5.92 Å². The monoisotopic (exact) mass is 256 g/mol. The average Bonchev–Trinajstić information content (AvgIpc) is 2.62. The van der Waals surface area contributed by atoms with Crippen molar-refractivity contribution >= 4 is 15.9 Å². The molecule has 0 aromatic carbocycles. The van der Waals surface area contributed by atoms with E-state index < -0.39 is 0 Å². The SMILES string of the molecule is CC(C)n1ncnc1CC(C#N)CBr. The van der Waals surface area contributed by atoms with Crippen LogP contribution >= 0.6 is 15.9 Å². The molecule has 0 saturated heterocycles. The molecule has 14 heavy (non-hydrogen) atoms. The Morgan fingerprint density at radius 3 is 2.86 bits per heavy atom. The summed E-state index contributed by atoms with van der Waals surface area (Å²) in [6.45, 7) is 4.10. The lowest BCUT2D eigenvalue weighted by Crippen LogP contribution is -2.13. The molecule has 0 amide bonds. The number of halogens is 1. The first kappa shape index (κ1) is 11.2. The van der Waals surface area contributed by atoms with Gasteiger partial charge in [0.2, 0.25) is 0 Å². The molecule has 0 spiro atoms. The van der Waals surface area contributed by atoms with Crippen molar-refractivity contribution in [2.75, 3.05) is 5.33 Å². The molecule has 0 aliphatic carbocycles. The third-order valence-electron chi connectivity index (χ3n) is 1.93. The van der Waals surface area contributed by atoms with Crippen molar-refractivity contribution in [3.05, 3.63) is 12.2 Å². The van der Waals surface area contributed by atoms with E-state index in [1.165, 1.54) is 6.33 Å². The normalized spacial score (nSPS) is 12.8. The minimum atomic E-state index is -0.0308. The van der Waals surface area contributed by atoms with Crippen molar-refractivity contribution < 1.29 is 0 Å². The lowest BCUT2D eigenvalue weighted by Gasteiger charge is -2.10. The fraction of sp³-hybridized carbons (Fsp3) is 0.667. The molecule has 0 bridgehead atoms. The van der Waals surface area contributed by atoms with Crippen molar-refractivity contribution in [2.45, 2.75) is 26.3 Å². The molecule has 0 N–H and O–H groups in total. The third-order valence-corrected chi connectivity index (χ3v) is 2.72.